The van der Waals surface area contributed by atoms with Crippen molar-refractivity contribution in [2.75, 3.05) is 0 Å². The molecule has 0 N–H and O–H groups in total. The molecule has 3 rings (SSSR count). The normalized spacial score (nSPS) is 10.8. The summed E-state index contributed by atoms with van der Waals surface area (Å²) in [6.45, 7) is 0. The molecule has 0 aromatic carbocycles. The summed E-state index contributed by atoms with van der Waals surface area (Å²) < 4.78 is 5.14. The van der Waals surface area contributed by atoms with Gasteiger partial charge in [-0.05, 0) is 23.6 Å². The molecule has 0 aliphatic heterocycles. The monoisotopic (exact) mass is 230 g/mol. The van der Waals surface area contributed by atoms with Crippen LogP contribution in [0.5, 0.6) is 0 Å². The third kappa shape index (κ3) is 1.42. The zero-order chi connectivity index (χ0) is 11.0. The van der Waals surface area contributed by atoms with Crippen LogP contribution in [0.4, 0.5) is 0 Å². The fourth-order valence-corrected chi connectivity index (χ4v) is 2.06. The predicted octanol–water partition coefficient (Wildman–Crippen LogP) is 2.31. The first-order valence-corrected chi connectivity index (χ1v) is 5.52. The highest BCUT2D eigenvalue weighted by Crippen LogP contribution is 2.22. The molecule has 0 radical (unpaired) electrons. The largest absolute Gasteiger partial charge is 0.402 e. The van der Waals surface area contributed by atoms with Gasteiger partial charge in [0.15, 0.2) is 5.65 Å². The van der Waals surface area contributed by atoms with E-state index in [0.29, 0.717) is 16.9 Å². The van der Waals surface area contributed by atoms with Gasteiger partial charge >= 0.3 is 5.63 Å². The van der Waals surface area contributed by atoms with E-state index >= 15 is 0 Å². The summed E-state index contributed by atoms with van der Waals surface area (Å²) in [5, 5.41) is 2.31. The average molecular weight is 230 g/mol. The van der Waals surface area contributed by atoms with Gasteiger partial charge in [-0.2, -0.15) is 4.98 Å². The molecule has 0 saturated heterocycles. The van der Waals surface area contributed by atoms with E-state index in [1.54, 1.807) is 18.3 Å². The Balaban J connectivity index is 2.34. The molecule has 0 unspecified atom stereocenters. The van der Waals surface area contributed by atoms with E-state index in [1.165, 1.54) is 11.3 Å². The van der Waals surface area contributed by atoms with E-state index in [4.69, 9.17) is 4.42 Å². The number of aromatic nitrogens is 2. The Labute approximate surface area is 94.2 Å². The lowest BCUT2D eigenvalue weighted by Crippen LogP contribution is -2.03. The molecule has 78 valence electrons. The first kappa shape index (κ1) is 9.23. The Kier molecular flexibility index (Phi) is 2.04. The Bertz CT molecular complexity index is 689. The summed E-state index contributed by atoms with van der Waals surface area (Å²) in [4.78, 5) is 20.7. The second-order valence-corrected chi connectivity index (χ2v) is 4.11. The molecule has 0 bridgehead atoms. The van der Waals surface area contributed by atoms with Crippen LogP contribution in [-0.2, 0) is 0 Å². The smallest absolute Gasteiger partial charge is 0.348 e. The lowest BCUT2D eigenvalue weighted by Gasteiger charge is -1.97. The summed E-state index contributed by atoms with van der Waals surface area (Å²) in [7, 11) is 0. The zero-order valence-electron chi connectivity index (χ0n) is 8.08. The maximum atomic E-state index is 11.7. The minimum absolute atomic E-state index is 0.325. The molecule has 0 aliphatic rings. The SMILES string of the molecule is O=c1oc(-c2cccs2)nc2ncccc12. The molecule has 0 atom stereocenters. The van der Waals surface area contributed by atoms with Gasteiger partial charge in [-0.3, -0.25) is 0 Å². The van der Waals surface area contributed by atoms with E-state index < -0.39 is 5.63 Å². The van der Waals surface area contributed by atoms with Crippen LogP contribution in [-0.4, -0.2) is 9.97 Å². The summed E-state index contributed by atoms with van der Waals surface area (Å²) in [6.07, 6.45) is 1.60. The average Bonchev–Trinajstić information content (AvgIpc) is 2.82. The molecule has 0 spiro atoms. The molecule has 0 fully saturated rings. The lowest BCUT2D eigenvalue weighted by molar-refractivity contribution is 0.519. The maximum Gasteiger partial charge on any atom is 0.348 e. The highest BCUT2D eigenvalue weighted by Gasteiger charge is 2.08. The number of hydrogen-bond acceptors (Lipinski definition) is 5. The number of thiophene rings is 1. The molecular weight excluding hydrogens is 224 g/mol. The summed E-state index contributed by atoms with van der Waals surface area (Å²) in [5.74, 6) is 0.325. The summed E-state index contributed by atoms with van der Waals surface area (Å²) >= 11 is 1.47. The number of pyridine rings is 1. The van der Waals surface area contributed by atoms with Crippen LogP contribution < -0.4 is 5.63 Å². The molecule has 5 heteroatoms. The standard InChI is InChI=1S/C11H6N2O2S/c14-11-7-3-1-5-12-9(7)13-10(15-11)8-4-2-6-16-8/h1-6H. The van der Waals surface area contributed by atoms with Crippen molar-refractivity contribution in [3.05, 3.63) is 46.3 Å². The molecule has 3 aromatic rings. The molecule has 0 amide bonds. The Morgan fingerprint density at radius 1 is 1.25 bits per heavy atom. The maximum absolute atomic E-state index is 11.7. The van der Waals surface area contributed by atoms with Crippen molar-refractivity contribution in [2.45, 2.75) is 0 Å². The lowest BCUT2D eigenvalue weighted by atomic mass is 10.3. The molecule has 4 nitrogen and oxygen atoms in total. The summed E-state index contributed by atoms with van der Waals surface area (Å²) in [5.41, 5.74) is 0.0173. The van der Waals surface area contributed by atoms with Crippen molar-refractivity contribution >= 4 is 22.4 Å². The number of nitrogens with zero attached hydrogens (tertiary/aromatic N) is 2. The summed E-state index contributed by atoms with van der Waals surface area (Å²) in [6, 6.07) is 7.07. The topological polar surface area (TPSA) is 56.0 Å². The number of hydrogen-bond donors (Lipinski definition) is 0. The minimum Gasteiger partial charge on any atom is -0.402 e. The Hall–Kier alpha value is -2.01. The van der Waals surface area contributed by atoms with Gasteiger partial charge in [0.05, 0.1) is 4.88 Å². The van der Waals surface area contributed by atoms with Crippen LogP contribution in [0.3, 0.4) is 0 Å². The Morgan fingerprint density at radius 2 is 2.19 bits per heavy atom. The molecule has 3 heterocycles. The first-order chi connectivity index (χ1) is 7.84. The zero-order valence-corrected chi connectivity index (χ0v) is 8.90. The molecular formula is C11H6N2O2S. The highest BCUT2D eigenvalue weighted by molar-refractivity contribution is 7.13. The van der Waals surface area contributed by atoms with Crippen molar-refractivity contribution in [2.24, 2.45) is 0 Å². The molecule has 0 aliphatic carbocycles. The van der Waals surface area contributed by atoms with E-state index in [2.05, 4.69) is 9.97 Å². The van der Waals surface area contributed by atoms with Crippen molar-refractivity contribution < 1.29 is 4.42 Å². The van der Waals surface area contributed by atoms with Gasteiger partial charge < -0.3 is 4.42 Å². The van der Waals surface area contributed by atoms with Crippen LogP contribution in [0.2, 0.25) is 0 Å². The van der Waals surface area contributed by atoms with Crippen LogP contribution >= 0.6 is 11.3 Å². The fourth-order valence-electron chi connectivity index (χ4n) is 1.41. The van der Waals surface area contributed by atoms with Gasteiger partial charge in [-0.1, -0.05) is 6.07 Å². The quantitative estimate of drug-likeness (QED) is 0.643. The number of rotatable bonds is 1. The van der Waals surface area contributed by atoms with Crippen LogP contribution in [0.25, 0.3) is 21.8 Å². The molecule has 0 saturated carbocycles. The molecule has 16 heavy (non-hydrogen) atoms. The van der Waals surface area contributed by atoms with Crippen molar-refractivity contribution in [3.63, 3.8) is 0 Å². The minimum atomic E-state index is -0.401. The second kappa shape index (κ2) is 3.53. The van der Waals surface area contributed by atoms with E-state index in [1.807, 2.05) is 17.5 Å². The van der Waals surface area contributed by atoms with Gasteiger partial charge in [0, 0.05) is 6.20 Å². The van der Waals surface area contributed by atoms with E-state index in [0.717, 1.165) is 4.88 Å². The van der Waals surface area contributed by atoms with E-state index in [-0.39, 0.29) is 0 Å². The van der Waals surface area contributed by atoms with Gasteiger partial charge in [0.1, 0.15) is 5.39 Å². The highest BCUT2D eigenvalue weighted by atomic mass is 32.1. The first-order valence-electron chi connectivity index (χ1n) is 4.64. The van der Waals surface area contributed by atoms with Crippen molar-refractivity contribution in [1.29, 1.82) is 0 Å². The fraction of sp³-hybridized carbons (Fsp3) is 0. The van der Waals surface area contributed by atoms with Crippen molar-refractivity contribution in [3.8, 4) is 10.8 Å². The second-order valence-electron chi connectivity index (χ2n) is 3.16. The van der Waals surface area contributed by atoms with Crippen LogP contribution in [0.15, 0.2) is 45.1 Å². The van der Waals surface area contributed by atoms with Gasteiger partial charge in [0.2, 0.25) is 5.89 Å². The number of fused-ring (bicyclic) bond motifs is 1. The van der Waals surface area contributed by atoms with E-state index in [9.17, 15) is 4.79 Å². The van der Waals surface area contributed by atoms with Crippen LogP contribution in [0, 0.1) is 0 Å². The van der Waals surface area contributed by atoms with Gasteiger partial charge in [-0.15, -0.1) is 11.3 Å². The third-order valence-corrected chi connectivity index (χ3v) is 2.99. The molecule has 3 aromatic heterocycles. The van der Waals surface area contributed by atoms with Gasteiger partial charge in [0.25, 0.3) is 0 Å². The van der Waals surface area contributed by atoms with Crippen molar-refractivity contribution in [1.82, 2.24) is 9.97 Å². The van der Waals surface area contributed by atoms with Crippen LogP contribution in [0.1, 0.15) is 0 Å². The third-order valence-electron chi connectivity index (χ3n) is 2.14. The van der Waals surface area contributed by atoms with Gasteiger partial charge in [-0.25, -0.2) is 9.78 Å². The predicted molar refractivity (Wildman–Crippen MR) is 61.4 cm³/mol. The Morgan fingerprint density at radius 3 is 3.00 bits per heavy atom.